The number of anilines is 1. The second-order valence-electron chi connectivity index (χ2n) is 8.48. The Morgan fingerprint density at radius 2 is 1.76 bits per heavy atom. The van der Waals surface area contributed by atoms with E-state index in [0.29, 0.717) is 17.4 Å². The van der Waals surface area contributed by atoms with Gasteiger partial charge in [-0.2, -0.15) is 0 Å². The number of piperidine rings is 1. The van der Waals surface area contributed by atoms with Crippen LogP contribution in [0.5, 0.6) is 5.75 Å². The number of ether oxygens (including phenoxy) is 1. The fourth-order valence-corrected chi connectivity index (χ4v) is 5.25. The number of aromatic nitrogens is 5. The van der Waals surface area contributed by atoms with Crippen molar-refractivity contribution in [3.63, 3.8) is 0 Å². The lowest BCUT2D eigenvalue weighted by atomic mass is 10.1. The number of rotatable bonds is 7. The molecule has 0 unspecified atom stereocenters. The third-order valence-electron chi connectivity index (χ3n) is 6.31. The highest BCUT2D eigenvalue weighted by Gasteiger charge is 2.25. The van der Waals surface area contributed by atoms with Gasteiger partial charge in [0, 0.05) is 11.1 Å². The zero-order valence-corrected chi connectivity index (χ0v) is 20.3. The first-order chi connectivity index (χ1) is 16.6. The van der Waals surface area contributed by atoms with Gasteiger partial charge in [-0.05, 0) is 69.3 Å². The summed E-state index contributed by atoms with van der Waals surface area (Å²) in [6, 6.07) is 16.0. The third kappa shape index (κ3) is 4.58. The van der Waals surface area contributed by atoms with Gasteiger partial charge in [-0.15, -0.1) is 10.2 Å². The van der Waals surface area contributed by atoms with E-state index in [4.69, 9.17) is 15.5 Å². The summed E-state index contributed by atoms with van der Waals surface area (Å²) in [7, 11) is 1.67. The number of para-hydroxylation sites is 1. The number of hydrogen-bond acceptors (Lipinski definition) is 8. The number of nitrogens with zero attached hydrogens (tertiary/aromatic N) is 6. The maximum atomic E-state index is 6.19. The van der Waals surface area contributed by atoms with Crippen molar-refractivity contribution in [3.8, 4) is 11.4 Å². The van der Waals surface area contributed by atoms with E-state index in [2.05, 4.69) is 31.6 Å². The number of nitrogen functional groups attached to an aromatic ring is 1. The summed E-state index contributed by atoms with van der Waals surface area (Å²) in [6.45, 7) is 4.39. The fraction of sp³-hybridized carbons (Fsp3) is 0.360. The molecule has 3 heterocycles. The van der Waals surface area contributed by atoms with Crippen molar-refractivity contribution in [3.05, 3.63) is 60.2 Å². The predicted molar refractivity (Wildman–Crippen MR) is 135 cm³/mol. The van der Waals surface area contributed by atoms with E-state index in [1.165, 1.54) is 19.3 Å². The summed E-state index contributed by atoms with van der Waals surface area (Å²) >= 11 is 1.57. The van der Waals surface area contributed by atoms with Gasteiger partial charge in [-0.1, -0.05) is 30.3 Å². The van der Waals surface area contributed by atoms with Gasteiger partial charge in [0.2, 0.25) is 0 Å². The highest BCUT2D eigenvalue weighted by atomic mass is 32.2. The van der Waals surface area contributed by atoms with Crippen molar-refractivity contribution >= 4 is 28.5 Å². The van der Waals surface area contributed by atoms with Gasteiger partial charge in [-0.25, -0.2) is 9.97 Å². The first-order valence-corrected chi connectivity index (χ1v) is 12.6. The molecule has 1 aliphatic heterocycles. The summed E-state index contributed by atoms with van der Waals surface area (Å²) in [5, 5.41) is 10.9. The number of fused-ring (bicyclic) bond motifs is 1. The van der Waals surface area contributed by atoms with E-state index in [1.807, 2.05) is 48.5 Å². The van der Waals surface area contributed by atoms with Crippen molar-refractivity contribution in [1.82, 2.24) is 29.6 Å². The molecular weight excluding hydrogens is 446 g/mol. The van der Waals surface area contributed by atoms with Crippen LogP contribution in [-0.4, -0.2) is 49.8 Å². The van der Waals surface area contributed by atoms with Gasteiger partial charge in [0.1, 0.15) is 17.4 Å². The molecule has 2 N–H and O–H groups in total. The van der Waals surface area contributed by atoms with Gasteiger partial charge >= 0.3 is 0 Å². The van der Waals surface area contributed by atoms with Gasteiger partial charge in [0.15, 0.2) is 11.0 Å². The van der Waals surface area contributed by atoms with Crippen LogP contribution >= 0.6 is 11.8 Å². The molecule has 0 spiro atoms. The Morgan fingerprint density at radius 1 is 1.00 bits per heavy atom. The van der Waals surface area contributed by atoms with Crippen molar-refractivity contribution in [2.24, 2.45) is 0 Å². The van der Waals surface area contributed by atoms with Crippen molar-refractivity contribution in [1.29, 1.82) is 0 Å². The number of benzene rings is 2. The molecule has 2 aromatic carbocycles. The van der Waals surface area contributed by atoms with Crippen LogP contribution in [-0.2, 0) is 5.75 Å². The Kier molecular flexibility index (Phi) is 6.64. The summed E-state index contributed by atoms with van der Waals surface area (Å²) in [5.41, 5.74) is 8.04. The smallest absolute Gasteiger partial charge is 0.196 e. The zero-order chi connectivity index (χ0) is 23.5. The highest BCUT2D eigenvalue weighted by Crippen LogP contribution is 2.31. The first-order valence-electron chi connectivity index (χ1n) is 11.6. The molecule has 0 saturated carbocycles. The van der Waals surface area contributed by atoms with E-state index in [1.54, 1.807) is 18.9 Å². The number of methoxy groups -OCH3 is 1. The number of nitrogens with two attached hydrogens (primary N) is 1. The van der Waals surface area contributed by atoms with Crippen molar-refractivity contribution in [2.45, 2.75) is 43.1 Å². The molecular formula is C25H29N7OS. The number of thioether (sulfide) groups is 1. The zero-order valence-electron chi connectivity index (χ0n) is 19.5. The normalized spacial score (nSPS) is 15.5. The number of likely N-dealkylation sites (tertiary alicyclic amines) is 1. The van der Waals surface area contributed by atoms with Gasteiger partial charge in [-0.3, -0.25) is 9.47 Å². The van der Waals surface area contributed by atoms with E-state index in [-0.39, 0.29) is 6.04 Å². The van der Waals surface area contributed by atoms with Gasteiger partial charge < -0.3 is 10.5 Å². The first kappa shape index (κ1) is 22.6. The average molecular weight is 476 g/mol. The maximum Gasteiger partial charge on any atom is 0.196 e. The SMILES string of the molecule is COc1ccc(-n2c(SCc3nc(N)c4ccccc4n3)nnc2[C@H](C)N2CCCCC2)cc1. The maximum absolute atomic E-state index is 6.19. The summed E-state index contributed by atoms with van der Waals surface area (Å²) in [6.07, 6.45) is 3.75. The molecule has 0 bridgehead atoms. The Bertz CT molecular complexity index is 1270. The molecule has 0 radical (unpaired) electrons. The molecule has 0 amide bonds. The van der Waals surface area contributed by atoms with Crippen LogP contribution in [0.3, 0.4) is 0 Å². The fourth-order valence-electron chi connectivity index (χ4n) is 4.43. The molecule has 9 heteroatoms. The Labute approximate surface area is 203 Å². The van der Waals surface area contributed by atoms with Crippen LogP contribution in [0.2, 0.25) is 0 Å². The van der Waals surface area contributed by atoms with Crippen LogP contribution in [0.1, 0.15) is 43.9 Å². The summed E-state index contributed by atoms with van der Waals surface area (Å²) < 4.78 is 7.51. The molecule has 8 nitrogen and oxygen atoms in total. The Morgan fingerprint density at radius 3 is 2.53 bits per heavy atom. The minimum Gasteiger partial charge on any atom is -0.497 e. The standard InChI is InChI=1S/C25H29N7OS/c1-17(31-14-6-3-7-15-31)24-29-30-25(32(24)18-10-12-19(33-2)13-11-18)34-16-22-27-21-9-5-4-8-20(21)23(26)28-22/h4-5,8-13,17H,3,6-7,14-16H2,1-2H3,(H2,26,27,28)/t17-/m0/s1. The molecule has 176 valence electrons. The molecule has 5 rings (SSSR count). The lowest BCUT2D eigenvalue weighted by molar-refractivity contribution is 0.167. The molecule has 1 fully saturated rings. The van der Waals surface area contributed by atoms with Crippen LogP contribution in [0.4, 0.5) is 5.82 Å². The quantitative estimate of drug-likeness (QED) is 0.386. The lowest BCUT2D eigenvalue weighted by Gasteiger charge is -2.31. The molecule has 2 aromatic heterocycles. The average Bonchev–Trinajstić information content (AvgIpc) is 3.31. The van der Waals surface area contributed by atoms with Crippen LogP contribution in [0.25, 0.3) is 16.6 Å². The van der Waals surface area contributed by atoms with Crippen molar-refractivity contribution < 1.29 is 4.74 Å². The van der Waals surface area contributed by atoms with Crippen LogP contribution in [0, 0.1) is 0 Å². The second kappa shape index (κ2) is 9.99. The highest BCUT2D eigenvalue weighted by molar-refractivity contribution is 7.98. The summed E-state index contributed by atoms with van der Waals surface area (Å²) in [4.78, 5) is 11.7. The van der Waals surface area contributed by atoms with E-state index < -0.39 is 0 Å². The van der Waals surface area contributed by atoms with Crippen LogP contribution < -0.4 is 10.5 Å². The minimum atomic E-state index is 0.164. The minimum absolute atomic E-state index is 0.164. The Hall–Kier alpha value is -3.17. The van der Waals surface area contributed by atoms with Gasteiger partial charge in [0.25, 0.3) is 0 Å². The van der Waals surface area contributed by atoms with E-state index in [0.717, 1.165) is 46.4 Å². The molecule has 4 aromatic rings. The van der Waals surface area contributed by atoms with E-state index in [9.17, 15) is 0 Å². The topological polar surface area (TPSA) is 95.0 Å². The molecule has 1 atom stereocenters. The van der Waals surface area contributed by atoms with Crippen molar-refractivity contribution in [2.75, 3.05) is 25.9 Å². The lowest BCUT2D eigenvalue weighted by Crippen LogP contribution is -2.33. The molecule has 1 aliphatic rings. The summed E-state index contributed by atoms with van der Waals surface area (Å²) in [5.74, 6) is 3.47. The van der Waals surface area contributed by atoms with E-state index >= 15 is 0 Å². The molecule has 0 aliphatic carbocycles. The Balaban J connectivity index is 1.47. The second-order valence-corrected chi connectivity index (χ2v) is 9.42. The van der Waals surface area contributed by atoms with Gasteiger partial charge in [0.05, 0.1) is 24.4 Å². The predicted octanol–water partition coefficient (Wildman–Crippen LogP) is 4.64. The monoisotopic (exact) mass is 475 g/mol. The largest absolute Gasteiger partial charge is 0.497 e. The molecule has 1 saturated heterocycles. The number of hydrogen-bond donors (Lipinski definition) is 1. The van der Waals surface area contributed by atoms with Crippen LogP contribution in [0.15, 0.2) is 53.7 Å². The molecule has 34 heavy (non-hydrogen) atoms. The third-order valence-corrected chi connectivity index (χ3v) is 7.24.